The van der Waals surface area contributed by atoms with Crippen molar-refractivity contribution in [3.63, 3.8) is 0 Å². The lowest BCUT2D eigenvalue weighted by atomic mass is 10.2. The third-order valence-electron chi connectivity index (χ3n) is 3.28. The minimum atomic E-state index is -0.457. The molecule has 104 valence electrons. The van der Waals surface area contributed by atoms with E-state index >= 15 is 0 Å². The van der Waals surface area contributed by atoms with E-state index in [-0.39, 0.29) is 23.7 Å². The third kappa shape index (κ3) is 3.08. The van der Waals surface area contributed by atoms with Crippen molar-refractivity contribution in [3.05, 3.63) is 29.8 Å². The summed E-state index contributed by atoms with van der Waals surface area (Å²) in [6, 6.07) is 2.59. The number of methoxy groups -OCH3 is 2. The summed E-state index contributed by atoms with van der Waals surface area (Å²) in [5.41, 5.74) is 0.235. The van der Waals surface area contributed by atoms with Gasteiger partial charge in [0.05, 0.1) is 24.9 Å². The maximum absolute atomic E-state index is 12.8. The molecule has 0 N–H and O–H groups in total. The van der Waals surface area contributed by atoms with Crippen molar-refractivity contribution in [1.29, 1.82) is 0 Å². The number of aromatic nitrogens is 1. The fraction of sp³-hybridized carbons (Fsp3) is 0.538. The molecule has 2 rings (SSSR count). The van der Waals surface area contributed by atoms with E-state index in [4.69, 9.17) is 9.47 Å². The normalized spacial score (nSPS) is 22.8. The van der Waals surface area contributed by atoms with Crippen LogP contribution in [0.2, 0.25) is 0 Å². The maximum atomic E-state index is 12.8. The minimum Gasteiger partial charge on any atom is -0.383 e. The van der Waals surface area contributed by atoms with Crippen LogP contribution >= 0.6 is 0 Å². The second-order valence-electron chi connectivity index (χ2n) is 4.52. The summed E-state index contributed by atoms with van der Waals surface area (Å²) in [5, 5.41) is 0. The van der Waals surface area contributed by atoms with Crippen LogP contribution in [0.1, 0.15) is 16.9 Å². The summed E-state index contributed by atoms with van der Waals surface area (Å²) in [6.45, 7) is 0.954. The quantitative estimate of drug-likeness (QED) is 0.820. The van der Waals surface area contributed by atoms with Gasteiger partial charge in [-0.25, -0.2) is 9.37 Å². The number of halogens is 1. The number of hydrogen-bond donors (Lipinski definition) is 0. The van der Waals surface area contributed by atoms with E-state index in [0.717, 1.165) is 12.6 Å². The van der Waals surface area contributed by atoms with Gasteiger partial charge in [-0.3, -0.25) is 4.79 Å². The summed E-state index contributed by atoms with van der Waals surface area (Å²) in [5.74, 6) is -0.678. The summed E-state index contributed by atoms with van der Waals surface area (Å²) in [6.07, 6.45) is 1.78. The van der Waals surface area contributed by atoms with Crippen molar-refractivity contribution in [2.75, 3.05) is 27.4 Å². The predicted molar refractivity (Wildman–Crippen MR) is 66.3 cm³/mol. The molecule has 0 spiro atoms. The van der Waals surface area contributed by atoms with E-state index in [1.165, 1.54) is 12.1 Å². The molecule has 0 saturated carbocycles. The number of nitrogens with zero attached hydrogens (tertiary/aromatic N) is 2. The Balaban J connectivity index is 2.14. The number of carbonyl (C=O) groups excluding carboxylic acids is 1. The van der Waals surface area contributed by atoms with Crippen molar-refractivity contribution < 1.29 is 18.7 Å². The second-order valence-corrected chi connectivity index (χ2v) is 4.52. The minimum absolute atomic E-state index is 0.00421. The Labute approximate surface area is 111 Å². The van der Waals surface area contributed by atoms with Gasteiger partial charge < -0.3 is 14.4 Å². The Morgan fingerprint density at radius 3 is 2.89 bits per heavy atom. The average Bonchev–Trinajstić information content (AvgIpc) is 2.82. The van der Waals surface area contributed by atoms with E-state index < -0.39 is 5.82 Å². The standard InChI is InChI=1S/C13H17FN2O3/c1-18-8-10-5-11(19-2)7-16(10)13(17)12-4-3-9(14)6-15-12/h3-4,6,10-11H,5,7-8H2,1-2H3/t10-,11+/m0/s1. The number of amides is 1. The molecule has 2 heterocycles. The van der Waals surface area contributed by atoms with Crippen LogP contribution in [-0.2, 0) is 9.47 Å². The first-order chi connectivity index (χ1) is 9.15. The molecule has 1 aromatic rings. The zero-order chi connectivity index (χ0) is 13.8. The van der Waals surface area contributed by atoms with Crippen LogP contribution in [0.15, 0.2) is 18.3 Å². The smallest absolute Gasteiger partial charge is 0.272 e. The number of hydrogen-bond acceptors (Lipinski definition) is 4. The Morgan fingerprint density at radius 1 is 1.53 bits per heavy atom. The van der Waals surface area contributed by atoms with Crippen molar-refractivity contribution in [1.82, 2.24) is 9.88 Å². The molecule has 0 aliphatic carbocycles. The molecular weight excluding hydrogens is 251 g/mol. The molecule has 0 unspecified atom stereocenters. The molecule has 1 aromatic heterocycles. The lowest BCUT2D eigenvalue weighted by Crippen LogP contribution is -2.38. The Bertz CT molecular complexity index is 438. The topological polar surface area (TPSA) is 51.7 Å². The predicted octanol–water partition coefficient (Wildman–Crippen LogP) is 1.10. The molecule has 19 heavy (non-hydrogen) atoms. The van der Waals surface area contributed by atoms with E-state index in [2.05, 4.69) is 4.98 Å². The van der Waals surface area contributed by atoms with Gasteiger partial charge in [0.1, 0.15) is 11.5 Å². The largest absolute Gasteiger partial charge is 0.383 e. The van der Waals surface area contributed by atoms with Crippen LogP contribution in [-0.4, -0.2) is 55.3 Å². The molecule has 2 atom stereocenters. The molecule has 1 aliphatic rings. The van der Waals surface area contributed by atoms with Crippen molar-refractivity contribution in [2.24, 2.45) is 0 Å². The first-order valence-electron chi connectivity index (χ1n) is 6.10. The molecule has 6 heteroatoms. The number of likely N-dealkylation sites (tertiary alicyclic amines) is 1. The Morgan fingerprint density at radius 2 is 2.32 bits per heavy atom. The van der Waals surface area contributed by atoms with Crippen molar-refractivity contribution in [2.45, 2.75) is 18.6 Å². The molecule has 1 aliphatic heterocycles. The Kier molecular flexibility index (Phi) is 4.44. The molecular formula is C13H17FN2O3. The van der Waals surface area contributed by atoms with Gasteiger partial charge in [0.2, 0.25) is 0 Å². The molecule has 5 nitrogen and oxygen atoms in total. The van der Waals surface area contributed by atoms with Crippen LogP contribution in [0.25, 0.3) is 0 Å². The van der Waals surface area contributed by atoms with Crippen LogP contribution in [0.3, 0.4) is 0 Å². The lowest BCUT2D eigenvalue weighted by Gasteiger charge is -2.23. The zero-order valence-electron chi connectivity index (χ0n) is 11.0. The summed E-state index contributed by atoms with van der Waals surface area (Å²) >= 11 is 0. The van der Waals surface area contributed by atoms with Crippen LogP contribution in [0.5, 0.6) is 0 Å². The zero-order valence-corrected chi connectivity index (χ0v) is 11.0. The van der Waals surface area contributed by atoms with Gasteiger partial charge in [-0.2, -0.15) is 0 Å². The highest BCUT2D eigenvalue weighted by molar-refractivity contribution is 5.92. The third-order valence-corrected chi connectivity index (χ3v) is 3.28. The highest BCUT2D eigenvalue weighted by atomic mass is 19.1. The van der Waals surface area contributed by atoms with E-state index in [1.807, 2.05) is 0 Å². The van der Waals surface area contributed by atoms with Crippen molar-refractivity contribution in [3.8, 4) is 0 Å². The highest BCUT2D eigenvalue weighted by Gasteiger charge is 2.36. The fourth-order valence-corrected chi connectivity index (χ4v) is 2.29. The summed E-state index contributed by atoms with van der Waals surface area (Å²) in [4.78, 5) is 17.8. The monoisotopic (exact) mass is 268 g/mol. The fourth-order valence-electron chi connectivity index (χ4n) is 2.29. The van der Waals surface area contributed by atoms with E-state index in [0.29, 0.717) is 13.2 Å². The SMILES string of the molecule is COC[C@@H]1C[C@@H](OC)CN1C(=O)c1ccc(F)cn1. The van der Waals surface area contributed by atoms with Gasteiger partial charge in [-0.15, -0.1) is 0 Å². The molecule has 0 aromatic carbocycles. The van der Waals surface area contributed by atoms with Crippen LogP contribution < -0.4 is 0 Å². The molecule has 0 radical (unpaired) electrons. The van der Waals surface area contributed by atoms with Crippen LogP contribution in [0.4, 0.5) is 4.39 Å². The molecule has 1 fully saturated rings. The molecule has 1 saturated heterocycles. The van der Waals surface area contributed by atoms with Gasteiger partial charge >= 0.3 is 0 Å². The number of ether oxygens (including phenoxy) is 2. The van der Waals surface area contributed by atoms with Gasteiger partial charge in [0.15, 0.2) is 0 Å². The highest BCUT2D eigenvalue weighted by Crippen LogP contribution is 2.22. The number of carbonyl (C=O) groups is 1. The van der Waals surface area contributed by atoms with Crippen molar-refractivity contribution >= 4 is 5.91 Å². The molecule has 0 bridgehead atoms. The van der Waals surface area contributed by atoms with Gasteiger partial charge in [-0.05, 0) is 18.6 Å². The Hall–Kier alpha value is -1.53. The lowest BCUT2D eigenvalue weighted by molar-refractivity contribution is 0.0606. The van der Waals surface area contributed by atoms with Gasteiger partial charge in [0, 0.05) is 20.8 Å². The molecule has 1 amide bonds. The summed E-state index contributed by atoms with van der Waals surface area (Å²) in [7, 11) is 3.22. The number of rotatable bonds is 4. The van der Waals surface area contributed by atoms with E-state index in [9.17, 15) is 9.18 Å². The first-order valence-corrected chi connectivity index (χ1v) is 6.10. The maximum Gasteiger partial charge on any atom is 0.272 e. The second kappa shape index (κ2) is 6.08. The number of pyridine rings is 1. The first kappa shape index (κ1) is 13.9. The van der Waals surface area contributed by atoms with Gasteiger partial charge in [-0.1, -0.05) is 0 Å². The van der Waals surface area contributed by atoms with E-state index in [1.54, 1.807) is 19.1 Å². The van der Waals surface area contributed by atoms with Gasteiger partial charge in [0.25, 0.3) is 5.91 Å². The average molecular weight is 268 g/mol. The summed E-state index contributed by atoms with van der Waals surface area (Å²) < 4.78 is 23.2. The van der Waals surface area contributed by atoms with Crippen LogP contribution in [0, 0.1) is 5.82 Å².